The zero-order chi connectivity index (χ0) is 12.2. The number of amidine groups is 1. The number of carbonyl (C=O) groups is 1. The van der Waals surface area contributed by atoms with Crippen LogP contribution in [0.5, 0.6) is 0 Å². The molecule has 0 saturated carbocycles. The molecule has 1 atom stereocenters. The van der Waals surface area contributed by atoms with E-state index >= 15 is 0 Å². The number of carbonyl (C=O) groups excluding carboxylic acids is 1. The lowest BCUT2D eigenvalue weighted by Gasteiger charge is -2.39. The van der Waals surface area contributed by atoms with Gasteiger partial charge in [-0.2, -0.15) is 0 Å². The molecule has 3 heterocycles. The van der Waals surface area contributed by atoms with E-state index in [4.69, 9.17) is 0 Å². The molecule has 1 unspecified atom stereocenters. The third-order valence-corrected chi connectivity index (χ3v) is 3.47. The molecule has 0 aromatic rings. The smallest absolute Gasteiger partial charge is 0.183 e. The number of allylic oxidation sites excluding steroid dienone is 3. The summed E-state index contributed by atoms with van der Waals surface area (Å²) < 4.78 is 0. The van der Waals surface area contributed by atoms with Crippen LogP contribution < -0.4 is 0 Å². The van der Waals surface area contributed by atoms with E-state index in [1.54, 1.807) is 6.08 Å². The van der Waals surface area contributed by atoms with Gasteiger partial charge in [0.25, 0.3) is 0 Å². The number of hydrogen-bond acceptors (Lipinski definition) is 6. The molecule has 4 rings (SSSR count). The molecule has 0 radical (unpaired) electrons. The summed E-state index contributed by atoms with van der Waals surface area (Å²) in [4.78, 5) is 18.2. The molecule has 0 N–H and O–H groups in total. The van der Waals surface area contributed by atoms with Crippen LogP contribution in [-0.4, -0.2) is 34.3 Å². The third kappa shape index (κ3) is 1.09. The fraction of sp³-hybridized carbons (Fsp3) is 0.250. The number of hydrogen-bond donors (Lipinski definition) is 0. The third-order valence-electron chi connectivity index (χ3n) is 3.47. The van der Waals surface area contributed by atoms with Gasteiger partial charge in [0.05, 0.1) is 24.4 Å². The van der Waals surface area contributed by atoms with Crippen LogP contribution in [0.4, 0.5) is 0 Å². The van der Waals surface area contributed by atoms with Crippen LogP contribution in [0.15, 0.2) is 56.6 Å². The Morgan fingerprint density at radius 3 is 3.22 bits per heavy atom. The topological polar surface area (TPSA) is 69.8 Å². The van der Waals surface area contributed by atoms with Gasteiger partial charge in [-0.05, 0) is 17.4 Å². The van der Waals surface area contributed by atoms with Crippen molar-refractivity contribution in [1.82, 2.24) is 4.90 Å². The van der Waals surface area contributed by atoms with Crippen molar-refractivity contribution in [3.63, 3.8) is 0 Å². The SMILES string of the molecule is O=C1C=C2N=C3C=CC=CN3CC23N=NN=C3C1. The molecule has 88 valence electrons. The van der Waals surface area contributed by atoms with Crippen LogP contribution in [0.3, 0.4) is 0 Å². The lowest BCUT2D eigenvalue weighted by atomic mass is 9.81. The van der Waals surface area contributed by atoms with Gasteiger partial charge in [-0.25, -0.2) is 4.99 Å². The van der Waals surface area contributed by atoms with Gasteiger partial charge >= 0.3 is 0 Å². The molecule has 6 heteroatoms. The van der Waals surface area contributed by atoms with Gasteiger partial charge in [-0.3, -0.25) is 4.79 Å². The van der Waals surface area contributed by atoms with E-state index in [0.717, 1.165) is 5.84 Å². The van der Waals surface area contributed by atoms with Crippen molar-refractivity contribution >= 4 is 17.3 Å². The van der Waals surface area contributed by atoms with Gasteiger partial charge in [0.1, 0.15) is 5.84 Å². The van der Waals surface area contributed by atoms with Crippen molar-refractivity contribution in [3.05, 3.63) is 36.2 Å². The summed E-state index contributed by atoms with van der Waals surface area (Å²) in [7, 11) is 0. The van der Waals surface area contributed by atoms with Crippen LogP contribution in [-0.2, 0) is 4.79 Å². The van der Waals surface area contributed by atoms with Crippen molar-refractivity contribution in [1.29, 1.82) is 0 Å². The Hall–Kier alpha value is -2.37. The zero-order valence-electron chi connectivity index (χ0n) is 9.45. The highest BCUT2D eigenvalue weighted by molar-refractivity contribution is 6.17. The Morgan fingerprint density at radius 2 is 2.28 bits per heavy atom. The number of fused-ring (bicyclic) bond motifs is 1. The van der Waals surface area contributed by atoms with E-state index in [9.17, 15) is 4.79 Å². The molecule has 4 aliphatic rings. The summed E-state index contributed by atoms with van der Waals surface area (Å²) >= 11 is 0. The minimum atomic E-state index is -0.646. The van der Waals surface area contributed by atoms with Crippen molar-refractivity contribution in [2.45, 2.75) is 12.0 Å². The minimum Gasteiger partial charge on any atom is -0.330 e. The van der Waals surface area contributed by atoms with Crippen LogP contribution in [0.25, 0.3) is 0 Å². The molecule has 0 aromatic carbocycles. The second kappa shape index (κ2) is 3.10. The fourth-order valence-electron chi connectivity index (χ4n) is 2.56. The average molecular weight is 239 g/mol. The normalized spacial score (nSPS) is 31.4. The minimum absolute atomic E-state index is 0.0137. The molecule has 0 bridgehead atoms. The summed E-state index contributed by atoms with van der Waals surface area (Å²) in [5.74, 6) is 0.838. The van der Waals surface area contributed by atoms with Gasteiger partial charge in [-0.1, -0.05) is 6.08 Å². The van der Waals surface area contributed by atoms with Gasteiger partial charge in [-0.15, -0.1) is 10.2 Å². The maximum atomic E-state index is 11.7. The van der Waals surface area contributed by atoms with Crippen LogP contribution in [0, 0.1) is 0 Å². The molecule has 3 aliphatic heterocycles. The number of rotatable bonds is 0. The number of nitrogens with zero attached hydrogens (tertiary/aromatic N) is 5. The van der Waals surface area contributed by atoms with Gasteiger partial charge in [0.2, 0.25) is 0 Å². The van der Waals surface area contributed by atoms with Crippen molar-refractivity contribution in [3.8, 4) is 0 Å². The van der Waals surface area contributed by atoms with Crippen molar-refractivity contribution < 1.29 is 4.79 Å². The molecular formula is C12H9N5O. The van der Waals surface area contributed by atoms with E-state index in [1.807, 2.05) is 29.3 Å². The molecule has 6 nitrogen and oxygen atoms in total. The second-order valence-corrected chi connectivity index (χ2v) is 4.57. The molecule has 0 amide bonds. The first kappa shape index (κ1) is 9.64. The summed E-state index contributed by atoms with van der Waals surface area (Å²) in [5.41, 5.74) is 0.716. The largest absolute Gasteiger partial charge is 0.330 e. The Kier molecular flexibility index (Phi) is 1.66. The first-order valence-electron chi connectivity index (χ1n) is 5.72. The Morgan fingerprint density at radius 1 is 1.33 bits per heavy atom. The predicted molar refractivity (Wildman–Crippen MR) is 65.1 cm³/mol. The summed E-state index contributed by atoms with van der Waals surface area (Å²) in [6.07, 6.45) is 9.58. The maximum Gasteiger partial charge on any atom is 0.183 e. The Bertz CT molecular complexity index is 637. The van der Waals surface area contributed by atoms with Crippen LogP contribution >= 0.6 is 0 Å². The van der Waals surface area contributed by atoms with E-state index in [0.29, 0.717) is 18.0 Å². The van der Waals surface area contributed by atoms with E-state index in [-0.39, 0.29) is 12.2 Å². The van der Waals surface area contributed by atoms with Crippen LogP contribution in [0.1, 0.15) is 6.42 Å². The van der Waals surface area contributed by atoms with Crippen molar-refractivity contribution in [2.75, 3.05) is 6.54 Å². The highest BCUT2D eigenvalue weighted by atomic mass is 16.1. The quantitative estimate of drug-likeness (QED) is 0.637. The van der Waals surface area contributed by atoms with E-state index in [2.05, 4.69) is 20.4 Å². The molecular weight excluding hydrogens is 230 g/mol. The average Bonchev–Trinajstić information content (AvgIpc) is 2.76. The molecule has 18 heavy (non-hydrogen) atoms. The summed E-state index contributed by atoms with van der Waals surface area (Å²) in [6, 6.07) is 0. The Balaban J connectivity index is 1.93. The first-order valence-corrected chi connectivity index (χ1v) is 5.72. The lowest BCUT2D eigenvalue weighted by molar-refractivity contribution is -0.113. The summed E-state index contributed by atoms with van der Waals surface area (Å²) in [5, 5.41) is 12.0. The summed E-state index contributed by atoms with van der Waals surface area (Å²) in [6.45, 7) is 0.605. The predicted octanol–water partition coefficient (Wildman–Crippen LogP) is 1.20. The molecule has 0 saturated heterocycles. The highest BCUT2D eigenvalue weighted by Gasteiger charge is 2.50. The fourth-order valence-corrected chi connectivity index (χ4v) is 2.56. The van der Waals surface area contributed by atoms with Crippen molar-refractivity contribution in [2.24, 2.45) is 20.4 Å². The highest BCUT2D eigenvalue weighted by Crippen LogP contribution is 2.38. The first-order chi connectivity index (χ1) is 8.78. The lowest BCUT2D eigenvalue weighted by Crippen LogP contribution is -2.53. The number of aliphatic imine (C=N–C) groups is 1. The zero-order valence-corrected chi connectivity index (χ0v) is 9.45. The van der Waals surface area contributed by atoms with Gasteiger partial charge in [0, 0.05) is 12.3 Å². The standard InChI is InChI=1S/C12H9N5O/c18-8-5-9-12(10(6-8)14-16-15-12)7-17-4-2-1-3-11(17)13-9/h1-5H,6-7H2. The van der Waals surface area contributed by atoms with E-state index in [1.165, 1.54) is 0 Å². The Labute approximate surface area is 103 Å². The number of ketones is 1. The van der Waals surface area contributed by atoms with Gasteiger partial charge < -0.3 is 4.90 Å². The maximum absolute atomic E-state index is 11.7. The monoisotopic (exact) mass is 239 g/mol. The molecule has 1 aliphatic carbocycles. The second-order valence-electron chi connectivity index (χ2n) is 4.57. The molecule has 1 spiro atoms. The van der Waals surface area contributed by atoms with Gasteiger partial charge in [0.15, 0.2) is 11.3 Å². The van der Waals surface area contributed by atoms with E-state index < -0.39 is 5.54 Å². The molecule has 0 fully saturated rings. The molecule has 0 aromatic heterocycles. The van der Waals surface area contributed by atoms with Crippen LogP contribution in [0.2, 0.25) is 0 Å².